The van der Waals surface area contributed by atoms with Crippen LogP contribution in [-0.2, 0) is 18.3 Å². The van der Waals surface area contributed by atoms with Gasteiger partial charge in [0.25, 0.3) is 0 Å². The van der Waals surface area contributed by atoms with Gasteiger partial charge in [-0.25, -0.2) is 0 Å². The molecule has 1 saturated heterocycles. The summed E-state index contributed by atoms with van der Waals surface area (Å²) in [6.45, 7) is 8.38. The monoisotopic (exact) mass is 251 g/mol. The number of hydrogen-bond donors (Lipinski definition) is 1. The second kappa shape index (κ2) is 5.85. The fourth-order valence-electron chi connectivity index (χ4n) is 2.45. The second-order valence-corrected chi connectivity index (χ2v) is 5.63. The molecule has 0 aliphatic carbocycles. The topological polar surface area (TPSA) is 39.1 Å². The number of nitrogens with zero attached hydrogens (tertiary/aromatic N) is 2. The van der Waals surface area contributed by atoms with Crippen LogP contribution in [0.2, 0.25) is 0 Å². The van der Waals surface area contributed by atoms with E-state index >= 15 is 0 Å². The fourth-order valence-corrected chi connectivity index (χ4v) is 2.45. The average Bonchev–Trinajstić information content (AvgIpc) is 2.68. The van der Waals surface area contributed by atoms with Crippen molar-refractivity contribution in [3.63, 3.8) is 0 Å². The molecule has 2 rings (SSSR count). The van der Waals surface area contributed by atoms with Crippen LogP contribution >= 0.6 is 0 Å². The molecule has 0 saturated carbocycles. The minimum atomic E-state index is 0.409. The van der Waals surface area contributed by atoms with Gasteiger partial charge in [0.1, 0.15) is 0 Å². The van der Waals surface area contributed by atoms with E-state index < -0.39 is 0 Å². The summed E-state index contributed by atoms with van der Waals surface area (Å²) < 4.78 is 7.72. The third-order valence-electron chi connectivity index (χ3n) is 3.98. The third-order valence-corrected chi connectivity index (χ3v) is 3.98. The predicted octanol–water partition coefficient (Wildman–Crippen LogP) is 2.02. The van der Waals surface area contributed by atoms with E-state index in [1.54, 1.807) is 0 Å². The molecule has 0 spiro atoms. The van der Waals surface area contributed by atoms with Gasteiger partial charge in [-0.2, -0.15) is 5.10 Å². The lowest BCUT2D eigenvalue weighted by Crippen LogP contribution is -2.40. The largest absolute Gasteiger partial charge is 0.378 e. The van der Waals surface area contributed by atoms with Crippen molar-refractivity contribution in [2.45, 2.75) is 52.3 Å². The molecule has 2 unspecified atom stereocenters. The van der Waals surface area contributed by atoms with Crippen LogP contribution in [0.5, 0.6) is 0 Å². The molecule has 0 bridgehead atoms. The summed E-state index contributed by atoms with van der Waals surface area (Å²) in [7, 11) is 1.99. The number of ether oxygens (including phenoxy) is 1. The molecular weight excluding hydrogens is 226 g/mol. The molecule has 2 atom stereocenters. The Bertz CT molecular complexity index is 386. The molecule has 1 aromatic rings. The highest BCUT2D eigenvalue weighted by molar-refractivity contribution is 5.15. The molecule has 102 valence electrons. The van der Waals surface area contributed by atoms with Crippen LogP contribution in [0.4, 0.5) is 0 Å². The highest BCUT2D eigenvalue weighted by atomic mass is 16.5. The first kappa shape index (κ1) is 13.6. The Morgan fingerprint density at radius 1 is 1.56 bits per heavy atom. The van der Waals surface area contributed by atoms with E-state index in [-0.39, 0.29) is 0 Å². The standard InChI is InChI=1S/C14H25N3O/c1-10(2)14-7-13(5-6-18-14)15-8-12-9-16-17(4)11(12)3/h9-10,13-15H,5-8H2,1-4H3. The molecule has 1 aliphatic heterocycles. The molecule has 4 nitrogen and oxygen atoms in total. The van der Waals surface area contributed by atoms with Crippen molar-refractivity contribution in [1.29, 1.82) is 0 Å². The van der Waals surface area contributed by atoms with Gasteiger partial charge in [-0.15, -0.1) is 0 Å². The Morgan fingerprint density at radius 2 is 2.33 bits per heavy atom. The van der Waals surface area contributed by atoms with Gasteiger partial charge in [-0.05, 0) is 25.7 Å². The van der Waals surface area contributed by atoms with E-state index in [4.69, 9.17) is 4.74 Å². The molecule has 4 heteroatoms. The molecule has 1 fully saturated rings. The number of rotatable bonds is 4. The van der Waals surface area contributed by atoms with E-state index in [0.29, 0.717) is 18.1 Å². The van der Waals surface area contributed by atoms with Gasteiger partial charge in [-0.3, -0.25) is 4.68 Å². The van der Waals surface area contributed by atoms with E-state index in [1.807, 2.05) is 17.9 Å². The summed E-state index contributed by atoms with van der Waals surface area (Å²) in [6.07, 6.45) is 4.60. The zero-order valence-electron chi connectivity index (χ0n) is 11.9. The average molecular weight is 251 g/mol. The van der Waals surface area contributed by atoms with Crippen LogP contribution in [0.1, 0.15) is 37.9 Å². The fraction of sp³-hybridized carbons (Fsp3) is 0.786. The highest BCUT2D eigenvalue weighted by Crippen LogP contribution is 2.20. The first-order valence-corrected chi connectivity index (χ1v) is 6.90. The molecule has 0 amide bonds. The lowest BCUT2D eigenvalue weighted by atomic mass is 9.95. The summed E-state index contributed by atoms with van der Waals surface area (Å²) in [5.74, 6) is 0.606. The van der Waals surface area contributed by atoms with Gasteiger partial charge in [0, 0.05) is 37.5 Å². The molecule has 1 aliphatic rings. The molecule has 18 heavy (non-hydrogen) atoms. The van der Waals surface area contributed by atoms with Crippen molar-refractivity contribution in [2.24, 2.45) is 13.0 Å². The minimum Gasteiger partial charge on any atom is -0.378 e. The predicted molar refractivity (Wildman–Crippen MR) is 72.4 cm³/mol. The van der Waals surface area contributed by atoms with Gasteiger partial charge < -0.3 is 10.1 Å². The van der Waals surface area contributed by atoms with Crippen LogP contribution in [0, 0.1) is 12.8 Å². The van der Waals surface area contributed by atoms with E-state index in [2.05, 4.69) is 31.2 Å². The molecule has 0 radical (unpaired) electrons. The van der Waals surface area contributed by atoms with E-state index in [1.165, 1.54) is 11.3 Å². The maximum absolute atomic E-state index is 5.79. The van der Waals surface area contributed by atoms with Crippen LogP contribution in [0.3, 0.4) is 0 Å². The van der Waals surface area contributed by atoms with Crippen molar-refractivity contribution < 1.29 is 4.74 Å². The van der Waals surface area contributed by atoms with Gasteiger partial charge in [-0.1, -0.05) is 13.8 Å². The second-order valence-electron chi connectivity index (χ2n) is 5.63. The number of hydrogen-bond acceptors (Lipinski definition) is 3. The molecule has 2 heterocycles. The van der Waals surface area contributed by atoms with Gasteiger partial charge in [0.2, 0.25) is 0 Å². The van der Waals surface area contributed by atoms with Crippen molar-refractivity contribution in [1.82, 2.24) is 15.1 Å². The Kier molecular flexibility index (Phi) is 4.40. The summed E-state index contributed by atoms with van der Waals surface area (Å²) in [6, 6.07) is 0.575. The number of aromatic nitrogens is 2. The van der Waals surface area contributed by atoms with E-state index in [0.717, 1.165) is 26.0 Å². The Labute approximate surface area is 110 Å². The van der Waals surface area contributed by atoms with Crippen molar-refractivity contribution in [3.05, 3.63) is 17.5 Å². The SMILES string of the molecule is Cc1c(CNC2CCOC(C(C)C)C2)cnn1C. The van der Waals surface area contributed by atoms with Gasteiger partial charge in [0.05, 0.1) is 12.3 Å². The van der Waals surface area contributed by atoms with Gasteiger partial charge >= 0.3 is 0 Å². The number of nitrogens with one attached hydrogen (secondary N) is 1. The molecule has 1 aromatic heterocycles. The summed E-state index contributed by atoms with van der Waals surface area (Å²) in [5.41, 5.74) is 2.54. The maximum Gasteiger partial charge on any atom is 0.0612 e. The Morgan fingerprint density at radius 3 is 2.94 bits per heavy atom. The Balaban J connectivity index is 1.85. The van der Waals surface area contributed by atoms with Crippen LogP contribution in [0.25, 0.3) is 0 Å². The summed E-state index contributed by atoms with van der Waals surface area (Å²) >= 11 is 0. The van der Waals surface area contributed by atoms with Crippen molar-refractivity contribution in [2.75, 3.05) is 6.61 Å². The van der Waals surface area contributed by atoms with Crippen molar-refractivity contribution in [3.8, 4) is 0 Å². The van der Waals surface area contributed by atoms with E-state index in [9.17, 15) is 0 Å². The van der Waals surface area contributed by atoms with Crippen LogP contribution < -0.4 is 5.32 Å². The first-order valence-electron chi connectivity index (χ1n) is 6.90. The quantitative estimate of drug-likeness (QED) is 0.890. The number of aryl methyl sites for hydroxylation is 1. The molecule has 0 aromatic carbocycles. The summed E-state index contributed by atoms with van der Waals surface area (Å²) in [5, 5.41) is 7.92. The van der Waals surface area contributed by atoms with Gasteiger partial charge in [0.15, 0.2) is 0 Å². The lowest BCUT2D eigenvalue weighted by Gasteiger charge is -2.32. The zero-order chi connectivity index (χ0) is 13.1. The maximum atomic E-state index is 5.79. The third kappa shape index (κ3) is 3.12. The molecular formula is C14H25N3O. The molecule has 1 N–H and O–H groups in total. The van der Waals surface area contributed by atoms with Crippen LogP contribution in [0.15, 0.2) is 6.20 Å². The summed E-state index contributed by atoms with van der Waals surface area (Å²) in [4.78, 5) is 0. The highest BCUT2D eigenvalue weighted by Gasteiger charge is 2.24. The Hall–Kier alpha value is -0.870. The zero-order valence-corrected chi connectivity index (χ0v) is 11.9. The normalized spacial score (nSPS) is 24.7. The van der Waals surface area contributed by atoms with Crippen LogP contribution in [-0.4, -0.2) is 28.5 Å². The first-order chi connectivity index (χ1) is 8.58. The minimum absolute atomic E-state index is 0.409. The van der Waals surface area contributed by atoms with Crippen molar-refractivity contribution >= 4 is 0 Å². The lowest BCUT2D eigenvalue weighted by molar-refractivity contribution is -0.0245. The smallest absolute Gasteiger partial charge is 0.0612 e.